The molecule has 0 radical (unpaired) electrons. The zero-order valence-electron chi connectivity index (χ0n) is 12.6. The van der Waals surface area contributed by atoms with Crippen molar-refractivity contribution in [1.29, 1.82) is 0 Å². The normalized spacial score (nSPS) is 21.9. The van der Waals surface area contributed by atoms with Crippen molar-refractivity contribution >= 4 is 16.1 Å². The Morgan fingerprint density at radius 2 is 1.62 bits per heavy atom. The number of amides is 2. The smallest absolute Gasteiger partial charge is 0.315 e. The first-order chi connectivity index (χ1) is 10.1. The van der Waals surface area contributed by atoms with Gasteiger partial charge in [0.1, 0.15) is 0 Å². The van der Waals surface area contributed by atoms with E-state index >= 15 is 0 Å². The van der Waals surface area contributed by atoms with Crippen LogP contribution in [0.1, 0.15) is 51.4 Å². The lowest BCUT2D eigenvalue weighted by molar-refractivity contribution is 0.233. The van der Waals surface area contributed by atoms with Gasteiger partial charge >= 0.3 is 6.03 Å². The van der Waals surface area contributed by atoms with Gasteiger partial charge < -0.3 is 10.6 Å². The maximum absolute atomic E-state index is 12.1. The molecule has 1 aliphatic heterocycles. The molecule has 2 rings (SSSR count). The highest BCUT2D eigenvalue weighted by Crippen LogP contribution is 2.17. The van der Waals surface area contributed by atoms with Crippen LogP contribution in [-0.2, 0) is 10.0 Å². The van der Waals surface area contributed by atoms with E-state index in [9.17, 15) is 13.2 Å². The molecular formula is C14H27N3O3S. The summed E-state index contributed by atoms with van der Waals surface area (Å²) in [6.07, 6.45) is 8.60. The standard InChI is InChI=1S/C14H27N3O3S/c18-14(16-13-7-3-1-4-8-13)15-9-12-21(19,20)17-10-5-2-6-11-17/h13H,1-12H2,(H2,15,16,18). The van der Waals surface area contributed by atoms with Crippen LogP contribution in [0.3, 0.4) is 0 Å². The van der Waals surface area contributed by atoms with Crippen molar-refractivity contribution in [3.8, 4) is 0 Å². The minimum Gasteiger partial charge on any atom is -0.337 e. The molecule has 7 heteroatoms. The van der Waals surface area contributed by atoms with E-state index in [1.54, 1.807) is 4.31 Å². The van der Waals surface area contributed by atoms with Crippen LogP contribution in [0.15, 0.2) is 0 Å². The van der Waals surface area contributed by atoms with Gasteiger partial charge in [-0.05, 0) is 25.7 Å². The summed E-state index contributed by atoms with van der Waals surface area (Å²) in [5, 5.41) is 5.60. The second-order valence-electron chi connectivity index (χ2n) is 6.01. The Bertz CT molecular complexity index is 427. The molecule has 2 N–H and O–H groups in total. The second kappa shape index (κ2) is 7.98. The fourth-order valence-electron chi connectivity index (χ4n) is 3.05. The molecule has 122 valence electrons. The van der Waals surface area contributed by atoms with E-state index in [-0.39, 0.29) is 24.4 Å². The molecule has 2 aliphatic rings. The molecule has 1 saturated carbocycles. The molecule has 2 fully saturated rings. The molecule has 0 bridgehead atoms. The van der Waals surface area contributed by atoms with Crippen molar-refractivity contribution < 1.29 is 13.2 Å². The van der Waals surface area contributed by atoms with Crippen LogP contribution in [0.4, 0.5) is 4.79 Å². The SMILES string of the molecule is O=C(NCCS(=O)(=O)N1CCCCC1)NC1CCCCC1. The van der Waals surface area contributed by atoms with Crippen LogP contribution in [-0.4, -0.2) is 50.2 Å². The summed E-state index contributed by atoms with van der Waals surface area (Å²) in [5.74, 6) is -0.00884. The van der Waals surface area contributed by atoms with Crippen LogP contribution >= 0.6 is 0 Å². The van der Waals surface area contributed by atoms with Gasteiger partial charge in [-0.2, -0.15) is 0 Å². The zero-order chi connectivity index (χ0) is 15.1. The predicted octanol–water partition coefficient (Wildman–Crippen LogP) is 1.43. The van der Waals surface area contributed by atoms with Crippen LogP contribution in [0, 0.1) is 0 Å². The van der Waals surface area contributed by atoms with Gasteiger partial charge in [0.2, 0.25) is 10.0 Å². The molecule has 0 aromatic rings. The summed E-state index contributed by atoms with van der Waals surface area (Å²) < 4.78 is 25.8. The monoisotopic (exact) mass is 317 g/mol. The summed E-state index contributed by atoms with van der Waals surface area (Å²) in [7, 11) is -3.22. The van der Waals surface area contributed by atoms with E-state index in [4.69, 9.17) is 0 Å². The van der Waals surface area contributed by atoms with Gasteiger partial charge in [0.15, 0.2) is 0 Å². The van der Waals surface area contributed by atoms with Gasteiger partial charge in [-0.3, -0.25) is 0 Å². The number of piperidine rings is 1. The van der Waals surface area contributed by atoms with E-state index in [2.05, 4.69) is 10.6 Å². The second-order valence-corrected chi connectivity index (χ2v) is 8.10. The van der Waals surface area contributed by atoms with Crippen molar-refractivity contribution in [2.75, 3.05) is 25.4 Å². The maximum Gasteiger partial charge on any atom is 0.315 e. The van der Waals surface area contributed by atoms with Crippen LogP contribution in [0.2, 0.25) is 0 Å². The molecule has 6 nitrogen and oxygen atoms in total. The largest absolute Gasteiger partial charge is 0.337 e. The predicted molar refractivity (Wildman–Crippen MR) is 82.6 cm³/mol. The van der Waals surface area contributed by atoms with Crippen molar-refractivity contribution in [3.63, 3.8) is 0 Å². The summed E-state index contributed by atoms with van der Waals surface area (Å²) in [5.41, 5.74) is 0. The Hall–Kier alpha value is -0.820. The topological polar surface area (TPSA) is 78.5 Å². The average Bonchev–Trinajstić information content (AvgIpc) is 2.49. The first-order valence-corrected chi connectivity index (χ1v) is 9.71. The van der Waals surface area contributed by atoms with Crippen LogP contribution in [0.25, 0.3) is 0 Å². The minimum atomic E-state index is -3.22. The fraction of sp³-hybridized carbons (Fsp3) is 0.929. The van der Waals surface area contributed by atoms with Crippen molar-refractivity contribution in [3.05, 3.63) is 0 Å². The Balaban J connectivity index is 1.66. The maximum atomic E-state index is 12.1. The molecule has 0 aromatic heterocycles. The molecular weight excluding hydrogens is 290 g/mol. The number of hydrogen-bond acceptors (Lipinski definition) is 3. The fourth-order valence-corrected chi connectivity index (χ4v) is 4.48. The van der Waals surface area contributed by atoms with Gasteiger partial charge in [-0.1, -0.05) is 25.7 Å². The van der Waals surface area contributed by atoms with Gasteiger partial charge in [-0.25, -0.2) is 17.5 Å². The number of hydrogen-bond donors (Lipinski definition) is 2. The molecule has 21 heavy (non-hydrogen) atoms. The zero-order valence-corrected chi connectivity index (χ0v) is 13.5. The lowest BCUT2D eigenvalue weighted by atomic mass is 9.96. The minimum absolute atomic E-state index is 0.00884. The third-order valence-electron chi connectivity index (χ3n) is 4.29. The van der Waals surface area contributed by atoms with Gasteiger partial charge in [0.05, 0.1) is 5.75 Å². The number of nitrogens with one attached hydrogen (secondary N) is 2. The Morgan fingerprint density at radius 1 is 1.00 bits per heavy atom. The lowest BCUT2D eigenvalue weighted by Crippen LogP contribution is -2.45. The van der Waals surface area contributed by atoms with E-state index in [0.29, 0.717) is 13.1 Å². The van der Waals surface area contributed by atoms with E-state index in [1.807, 2.05) is 0 Å². The first-order valence-electron chi connectivity index (χ1n) is 8.10. The summed E-state index contributed by atoms with van der Waals surface area (Å²) >= 11 is 0. The molecule has 0 unspecified atom stereocenters. The van der Waals surface area contributed by atoms with E-state index in [1.165, 1.54) is 6.42 Å². The quantitative estimate of drug-likeness (QED) is 0.805. The van der Waals surface area contributed by atoms with E-state index < -0.39 is 10.0 Å². The first kappa shape index (κ1) is 16.5. The molecule has 1 aliphatic carbocycles. The number of sulfonamides is 1. The van der Waals surface area contributed by atoms with Crippen molar-refractivity contribution in [2.45, 2.75) is 57.4 Å². The average molecular weight is 317 g/mol. The number of urea groups is 1. The molecule has 0 atom stereocenters. The molecule has 2 amide bonds. The summed E-state index contributed by atoms with van der Waals surface area (Å²) in [6, 6.07) is 0.00759. The third-order valence-corrected chi connectivity index (χ3v) is 6.17. The Morgan fingerprint density at radius 3 is 2.29 bits per heavy atom. The highest BCUT2D eigenvalue weighted by atomic mass is 32.2. The van der Waals surface area contributed by atoms with Crippen LogP contribution < -0.4 is 10.6 Å². The molecule has 1 heterocycles. The van der Waals surface area contributed by atoms with Gasteiger partial charge in [0.25, 0.3) is 0 Å². The van der Waals surface area contributed by atoms with Crippen LogP contribution in [0.5, 0.6) is 0 Å². The van der Waals surface area contributed by atoms with Gasteiger partial charge in [-0.15, -0.1) is 0 Å². The summed E-state index contributed by atoms with van der Waals surface area (Å²) in [6.45, 7) is 1.42. The van der Waals surface area contributed by atoms with E-state index in [0.717, 1.165) is 44.9 Å². The molecule has 1 saturated heterocycles. The highest BCUT2D eigenvalue weighted by molar-refractivity contribution is 7.89. The highest BCUT2D eigenvalue weighted by Gasteiger charge is 2.23. The lowest BCUT2D eigenvalue weighted by Gasteiger charge is -2.26. The Kier molecular flexibility index (Phi) is 6.29. The molecule has 0 spiro atoms. The molecule has 0 aromatic carbocycles. The number of carbonyl (C=O) groups is 1. The van der Waals surface area contributed by atoms with Gasteiger partial charge in [0, 0.05) is 25.7 Å². The number of nitrogens with zero attached hydrogens (tertiary/aromatic N) is 1. The van der Waals surface area contributed by atoms with Crippen molar-refractivity contribution in [2.24, 2.45) is 0 Å². The number of rotatable bonds is 5. The van der Waals surface area contributed by atoms with Crippen molar-refractivity contribution in [1.82, 2.24) is 14.9 Å². The Labute approximate surface area is 127 Å². The summed E-state index contributed by atoms with van der Waals surface area (Å²) in [4.78, 5) is 11.7. The third kappa shape index (κ3) is 5.47. The number of carbonyl (C=O) groups excluding carboxylic acids is 1.